The van der Waals surface area contributed by atoms with Crippen molar-refractivity contribution in [2.45, 2.75) is 44.6 Å². The number of amides is 5. The number of urea groups is 1. The van der Waals surface area contributed by atoms with E-state index in [9.17, 15) is 19.2 Å². The Labute approximate surface area is 122 Å². The summed E-state index contributed by atoms with van der Waals surface area (Å²) in [6.45, 7) is -0.308. The Kier molecular flexibility index (Phi) is 3.65. The van der Waals surface area contributed by atoms with E-state index in [4.69, 9.17) is 0 Å². The van der Waals surface area contributed by atoms with Crippen molar-refractivity contribution in [3.8, 4) is 0 Å². The van der Waals surface area contributed by atoms with Crippen molar-refractivity contribution in [3.05, 3.63) is 0 Å². The van der Waals surface area contributed by atoms with Crippen LogP contribution >= 0.6 is 0 Å². The summed E-state index contributed by atoms with van der Waals surface area (Å²) in [5.41, 5.74) is 0. The third-order valence-electron chi connectivity index (χ3n) is 4.41. The fourth-order valence-electron chi connectivity index (χ4n) is 3.13. The van der Waals surface area contributed by atoms with Crippen LogP contribution in [0.2, 0.25) is 0 Å². The summed E-state index contributed by atoms with van der Waals surface area (Å²) in [4.78, 5) is 48.9. The summed E-state index contributed by atoms with van der Waals surface area (Å²) in [6, 6.07) is -0.613. The average molecular weight is 293 g/mol. The Balaban J connectivity index is 1.69. The molecule has 0 bridgehead atoms. The van der Waals surface area contributed by atoms with Gasteiger partial charge in [0.25, 0.3) is 0 Å². The Hall–Kier alpha value is -1.92. The number of rotatable bonds is 4. The molecule has 1 saturated heterocycles. The smallest absolute Gasteiger partial charge is 0.331 e. The molecule has 3 rings (SSSR count). The topological polar surface area (TPSA) is 95.6 Å². The molecule has 5 amide bonds. The van der Waals surface area contributed by atoms with Gasteiger partial charge in [-0.25, -0.2) is 4.79 Å². The lowest BCUT2D eigenvalue weighted by atomic mass is 9.87. The predicted octanol–water partition coefficient (Wildman–Crippen LogP) is 0.150. The molecule has 1 aliphatic heterocycles. The monoisotopic (exact) mass is 293 g/mol. The highest BCUT2D eigenvalue weighted by molar-refractivity contribution is 6.17. The van der Waals surface area contributed by atoms with Crippen molar-refractivity contribution >= 4 is 23.8 Å². The molecular formula is C14H19N3O4. The van der Waals surface area contributed by atoms with E-state index in [1.807, 2.05) is 0 Å². The zero-order valence-electron chi connectivity index (χ0n) is 11.8. The second-order valence-corrected chi connectivity index (χ2v) is 6.08. The summed E-state index contributed by atoms with van der Waals surface area (Å²) in [6.07, 6.45) is 5.51. The molecule has 0 aromatic heterocycles. The highest BCUT2D eigenvalue weighted by Gasteiger charge is 2.45. The first-order valence-corrected chi connectivity index (χ1v) is 7.52. The van der Waals surface area contributed by atoms with Crippen molar-refractivity contribution < 1.29 is 19.2 Å². The first-order chi connectivity index (χ1) is 10.1. The predicted molar refractivity (Wildman–Crippen MR) is 71.9 cm³/mol. The van der Waals surface area contributed by atoms with E-state index >= 15 is 0 Å². The van der Waals surface area contributed by atoms with Crippen molar-refractivity contribution in [2.75, 3.05) is 6.54 Å². The van der Waals surface area contributed by atoms with Gasteiger partial charge in [0.15, 0.2) is 0 Å². The van der Waals surface area contributed by atoms with Crippen LogP contribution in [0.1, 0.15) is 38.5 Å². The molecule has 0 aromatic rings. The molecule has 0 radical (unpaired) electrons. The van der Waals surface area contributed by atoms with Gasteiger partial charge in [-0.15, -0.1) is 0 Å². The van der Waals surface area contributed by atoms with Gasteiger partial charge in [0.05, 0.1) is 0 Å². The second kappa shape index (κ2) is 5.46. The van der Waals surface area contributed by atoms with Crippen molar-refractivity contribution in [2.24, 2.45) is 11.8 Å². The number of imide groups is 2. The van der Waals surface area contributed by atoms with E-state index in [0.717, 1.165) is 43.4 Å². The molecule has 0 spiro atoms. The van der Waals surface area contributed by atoms with Gasteiger partial charge in [0.1, 0.15) is 12.5 Å². The van der Waals surface area contributed by atoms with Crippen LogP contribution in [-0.2, 0) is 14.4 Å². The van der Waals surface area contributed by atoms with Crippen LogP contribution in [0.4, 0.5) is 4.79 Å². The summed E-state index contributed by atoms with van der Waals surface area (Å²) < 4.78 is 0. The van der Waals surface area contributed by atoms with Gasteiger partial charge in [-0.2, -0.15) is 0 Å². The van der Waals surface area contributed by atoms with Crippen molar-refractivity contribution in [1.82, 2.24) is 15.5 Å². The molecular weight excluding hydrogens is 274 g/mol. The lowest BCUT2D eigenvalue weighted by Crippen LogP contribution is -2.61. The second-order valence-electron chi connectivity index (χ2n) is 6.08. The molecule has 1 unspecified atom stereocenters. The molecule has 21 heavy (non-hydrogen) atoms. The third-order valence-corrected chi connectivity index (χ3v) is 4.41. The molecule has 0 aromatic carbocycles. The van der Waals surface area contributed by atoms with E-state index in [1.54, 1.807) is 0 Å². The Morgan fingerprint density at radius 2 is 1.81 bits per heavy atom. The van der Waals surface area contributed by atoms with Gasteiger partial charge in [-0.3, -0.25) is 24.6 Å². The van der Waals surface area contributed by atoms with Gasteiger partial charge >= 0.3 is 6.03 Å². The number of carbonyl (C=O) groups is 4. The standard InChI is InChI=1S/C14H19N3O4/c18-10(15-9-5-6-9)7-17-13(20)11(8-3-1-2-4-8)12(19)16-14(17)21/h8-9,11H,1-7H2,(H,15,18)(H,16,19,21). The fraction of sp³-hybridized carbons (Fsp3) is 0.714. The van der Waals surface area contributed by atoms with Crippen LogP contribution in [0.5, 0.6) is 0 Å². The van der Waals surface area contributed by atoms with Gasteiger partial charge < -0.3 is 5.32 Å². The SMILES string of the molecule is O=C(CN1C(=O)NC(=O)C(C2CCCC2)C1=O)NC1CC1. The van der Waals surface area contributed by atoms with E-state index < -0.39 is 23.8 Å². The molecule has 2 saturated carbocycles. The van der Waals surface area contributed by atoms with Crippen LogP contribution in [-0.4, -0.2) is 41.2 Å². The maximum atomic E-state index is 12.4. The van der Waals surface area contributed by atoms with Gasteiger partial charge in [0, 0.05) is 6.04 Å². The maximum absolute atomic E-state index is 12.4. The summed E-state index contributed by atoms with van der Waals surface area (Å²) in [5, 5.41) is 4.95. The van der Waals surface area contributed by atoms with E-state index in [1.165, 1.54) is 0 Å². The first-order valence-electron chi connectivity index (χ1n) is 7.52. The number of nitrogens with one attached hydrogen (secondary N) is 2. The quantitative estimate of drug-likeness (QED) is 0.721. The molecule has 3 aliphatic rings. The Bertz CT molecular complexity index is 494. The van der Waals surface area contributed by atoms with E-state index in [2.05, 4.69) is 10.6 Å². The fourth-order valence-corrected chi connectivity index (χ4v) is 3.13. The number of hydrogen-bond donors (Lipinski definition) is 2. The Morgan fingerprint density at radius 3 is 2.43 bits per heavy atom. The Morgan fingerprint density at radius 1 is 1.14 bits per heavy atom. The molecule has 3 fully saturated rings. The number of nitrogens with zero attached hydrogens (tertiary/aromatic N) is 1. The van der Waals surface area contributed by atoms with Gasteiger partial charge in [-0.1, -0.05) is 12.8 Å². The van der Waals surface area contributed by atoms with E-state index in [0.29, 0.717) is 0 Å². The lowest BCUT2D eigenvalue weighted by Gasteiger charge is -2.32. The van der Waals surface area contributed by atoms with Crippen molar-refractivity contribution in [3.63, 3.8) is 0 Å². The zero-order chi connectivity index (χ0) is 15.0. The minimum absolute atomic E-state index is 0.0143. The highest BCUT2D eigenvalue weighted by Crippen LogP contribution is 2.33. The van der Waals surface area contributed by atoms with Crippen molar-refractivity contribution in [1.29, 1.82) is 0 Å². The molecule has 1 heterocycles. The first kappa shape index (κ1) is 14.0. The van der Waals surface area contributed by atoms with E-state index in [-0.39, 0.29) is 24.4 Å². The highest BCUT2D eigenvalue weighted by atomic mass is 16.2. The third kappa shape index (κ3) is 2.91. The minimum atomic E-state index is -0.820. The summed E-state index contributed by atoms with van der Waals surface area (Å²) in [7, 11) is 0. The lowest BCUT2D eigenvalue weighted by molar-refractivity contribution is -0.147. The van der Waals surface area contributed by atoms with Crippen LogP contribution in [0.15, 0.2) is 0 Å². The summed E-state index contributed by atoms with van der Waals surface area (Å²) in [5.74, 6) is -2.23. The normalized spacial score (nSPS) is 27.0. The van der Waals surface area contributed by atoms with Gasteiger partial charge in [0.2, 0.25) is 17.7 Å². The number of hydrogen-bond acceptors (Lipinski definition) is 4. The van der Waals surface area contributed by atoms with Crippen LogP contribution in [0, 0.1) is 11.8 Å². The van der Waals surface area contributed by atoms with Gasteiger partial charge in [-0.05, 0) is 31.6 Å². The maximum Gasteiger partial charge on any atom is 0.331 e. The summed E-state index contributed by atoms with van der Waals surface area (Å²) >= 11 is 0. The zero-order valence-corrected chi connectivity index (χ0v) is 11.8. The molecule has 2 N–H and O–H groups in total. The molecule has 1 atom stereocenters. The number of barbiturate groups is 1. The molecule has 2 aliphatic carbocycles. The molecule has 7 heteroatoms. The minimum Gasteiger partial charge on any atom is -0.352 e. The van der Waals surface area contributed by atoms with Crippen LogP contribution in [0.25, 0.3) is 0 Å². The molecule has 7 nitrogen and oxygen atoms in total. The molecule has 114 valence electrons. The number of carbonyl (C=O) groups excluding carboxylic acids is 4. The van der Waals surface area contributed by atoms with Crippen LogP contribution in [0.3, 0.4) is 0 Å². The average Bonchev–Trinajstić information content (AvgIpc) is 3.06. The largest absolute Gasteiger partial charge is 0.352 e. The van der Waals surface area contributed by atoms with Crippen LogP contribution < -0.4 is 10.6 Å².